The van der Waals surface area contributed by atoms with Crippen molar-refractivity contribution in [1.29, 1.82) is 0 Å². The molecule has 0 heterocycles. The lowest BCUT2D eigenvalue weighted by Gasteiger charge is -2.32. The molecule has 0 bridgehead atoms. The molecular formula is C31H39N3O4S. The van der Waals surface area contributed by atoms with Gasteiger partial charge in [0.15, 0.2) is 0 Å². The number of hydrogen-bond acceptors (Lipinski definition) is 4. The van der Waals surface area contributed by atoms with Gasteiger partial charge in [-0.2, -0.15) is 0 Å². The molecule has 39 heavy (non-hydrogen) atoms. The minimum atomic E-state index is -3.55. The number of nitrogens with one attached hydrogen (secondary N) is 1. The van der Waals surface area contributed by atoms with Gasteiger partial charge in [0.1, 0.15) is 6.04 Å². The van der Waals surface area contributed by atoms with Gasteiger partial charge in [-0.3, -0.25) is 13.9 Å². The largest absolute Gasteiger partial charge is 0.355 e. The second-order valence-corrected chi connectivity index (χ2v) is 11.7. The molecule has 208 valence electrons. The van der Waals surface area contributed by atoms with Crippen LogP contribution in [0.2, 0.25) is 0 Å². The average Bonchev–Trinajstić information content (AvgIpc) is 2.91. The molecule has 1 N–H and O–H groups in total. The van der Waals surface area contributed by atoms with Crippen LogP contribution in [-0.2, 0) is 32.6 Å². The van der Waals surface area contributed by atoms with Crippen LogP contribution in [0.15, 0.2) is 78.9 Å². The predicted octanol–water partition coefficient (Wildman–Crippen LogP) is 4.63. The summed E-state index contributed by atoms with van der Waals surface area (Å²) < 4.78 is 26.6. The number of rotatable bonds is 13. The van der Waals surface area contributed by atoms with Crippen LogP contribution < -0.4 is 9.62 Å². The van der Waals surface area contributed by atoms with Crippen LogP contribution in [-0.4, -0.2) is 50.5 Å². The number of sulfonamides is 1. The molecular weight excluding hydrogens is 510 g/mol. The first kappa shape index (κ1) is 29.9. The first-order valence-corrected chi connectivity index (χ1v) is 15.1. The van der Waals surface area contributed by atoms with Crippen molar-refractivity contribution in [2.24, 2.45) is 0 Å². The number of hydrogen-bond donors (Lipinski definition) is 1. The van der Waals surface area contributed by atoms with Crippen molar-refractivity contribution < 1.29 is 18.0 Å². The summed E-state index contributed by atoms with van der Waals surface area (Å²) in [6.45, 7) is 6.67. The van der Waals surface area contributed by atoms with Gasteiger partial charge in [-0.15, -0.1) is 0 Å². The smallest absolute Gasteiger partial charge is 0.243 e. The number of nitrogens with zero attached hydrogens (tertiary/aromatic N) is 2. The number of aryl methyl sites for hydroxylation is 2. The van der Waals surface area contributed by atoms with Gasteiger partial charge in [0.25, 0.3) is 0 Å². The van der Waals surface area contributed by atoms with Crippen molar-refractivity contribution in [2.75, 3.05) is 23.7 Å². The van der Waals surface area contributed by atoms with Gasteiger partial charge in [-0.25, -0.2) is 8.42 Å². The topological polar surface area (TPSA) is 86.8 Å². The summed E-state index contributed by atoms with van der Waals surface area (Å²) in [6, 6.07) is 24.1. The minimum absolute atomic E-state index is 0.106. The maximum Gasteiger partial charge on any atom is 0.243 e. The second-order valence-electron chi connectivity index (χ2n) is 9.81. The lowest BCUT2D eigenvalue weighted by Crippen LogP contribution is -2.50. The van der Waals surface area contributed by atoms with Crippen LogP contribution in [0.4, 0.5) is 5.69 Å². The molecule has 8 heteroatoms. The maximum atomic E-state index is 13.7. The third-order valence-electron chi connectivity index (χ3n) is 6.75. The Balaban J connectivity index is 1.84. The number of benzene rings is 3. The summed E-state index contributed by atoms with van der Waals surface area (Å²) >= 11 is 0. The van der Waals surface area contributed by atoms with E-state index in [0.717, 1.165) is 22.3 Å². The maximum absolute atomic E-state index is 13.7. The standard InChI is InChI=1S/C31H39N3O4S/c1-5-32-31(36)29(22-26-13-8-6-9-14-26)33(23-27-15-10-7-11-16-27)30(35)17-12-20-34(39(4,37)38)28-19-18-24(2)25(3)21-28/h6-11,13-16,18-19,21,29H,5,12,17,20,22-23H2,1-4H3,(H,32,36)/t29-/m0/s1. The van der Waals surface area contributed by atoms with Crippen LogP contribution in [0.25, 0.3) is 0 Å². The highest BCUT2D eigenvalue weighted by molar-refractivity contribution is 7.92. The van der Waals surface area contributed by atoms with E-state index in [-0.39, 0.29) is 31.3 Å². The third kappa shape index (κ3) is 8.68. The van der Waals surface area contributed by atoms with Gasteiger partial charge in [0.2, 0.25) is 21.8 Å². The molecule has 0 aliphatic rings. The van der Waals surface area contributed by atoms with Gasteiger partial charge in [-0.05, 0) is 61.6 Å². The monoisotopic (exact) mass is 549 g/mol. The second kappa shape index (κ2) is 13.9. The first-order valence-electron chi connectivity index (χ1n) is 13.3. The highest BCUT2D eigenvalue weighted by Gasteiger charge is 2.30. The molecule has 0 unspecified atom stereocenters. The number of likely N-dealkylation sites (N-methyl/N-ethyl adjacent to an activating group) is 1. The molecule has 7 nitrogen and oxygen atoms in total. The first-order chi connectivity index (χ1) is 18.6. The van der Waals surface area contributed by atoms with E-state index in [1.807, 2.05) is 93.6 Å². The van der Waals surface area contributed by atoms with E-state index in [1.165, 1.54) is 10.6 Å². The fourth-order valence-corrected chi connectivity index (χ4v) is 5.47. The zero-order chi connectivity index (χ0) is 28.4. The zero-order valence-corrected chi connectivity index (χ0v) is 24.1. The molecule has 0 saturated heterocycles. The zero-order valence-electron chi connectivity index (χ0n) is 23.3. The predicted molar refractivity (Wildman–Crippen MR) is 157 cm³/mol. The van der Waals surface area contributed by atoms with Crippen molar-refractivity contribution in [3.63, 3.8) is 0 Å². The molecule has 2 amide bonds. The molecule has 0 fully saturated rings. The van der Waals surface area contributed by atoms with Crippen molar-refractivity contribution in [1.82, 2.24) is 10.2 Å². The van der Waals surface area contributed by atoms with Gasteiger partial charge < -0.3 is 10.2 Å². The lowest BCUT2D eigenvalue weighted by molar-refractivity contribution is -0.141. The Hall–Kier alpha value is -3.65. The highest BCUT2D eigenvalue weighted by Crippen LogP contribution is 2.22. The molecule has 0 spiro atoms. The fraction of sp³-hybridized carbons (Fsp3) is 0.355. The number of anilines is 1. The van der Waals surface area contributed by atoms with Crippen LogP contribution >= 0.6 is 0 Å². The van der Waals surface area contributed by atoms with Crippen LogP contribution in [0.5, 0.6) is 0 Å². The van der Waals surface area contributed by atoms with Crippen LogP contribution in [0, 0.1) is 13.8 Å². The summed E-state index contributed by atoms with van der Waals surface area (Å²) in [4.78, 5) is 28.6. The molecule has 3 aromatic carbocycles. The Bertz CT molecular complexity index is 1340. The van der Waals surface area contributed by atoms with E-state index in [9.17, 15) is 18.0 Å². The molecule has 0 aliphatic carbocycles. The molecule has 0 aromatic heterocycles. The van der Waals surface area contributed by atoms with E-state index in [2.05, 4.69) is 5.32 Å². The Kier molecular flexibility index (Phi) is 10.7. The van der Waals surface area contributed by atoms with Gasteiger partial charge >= 0.3 is 0 Å². The van der Waals surface area contributed by atoms with Gasteiger partial charge in [0.05, 0.1) is 11.9 Å². The van der Waals surface area contributed by atoms with Crippen molar-refractivity contribution in [3.8, 4) is 0 Å². The van der Waals surface area contributed by atoms with Crippen LogP contribution in [0.3, 0.4) is 0 Å². The number of amides is 2. The summed E-state index contributed by atoms with van der Waals surface area (Å²) in [6.07, 6.45) is 1.98. The Labute approximate surface area is 232 Å². The van der Waals surface area contributed by atoms with Gasteiger partial charge in [0, 0.05) is 32.5 Å². The normalized spacial score (nSPS) is 12.0. The summed E-state index contributed by atoms with van der Waals surface area (Å²) in [5.41, 5.74) is 4.53. The number of carbonyl (C=O) groups excluding carboxylic acids is 2. The number of carbonyl (C=O) groups is 2. The summed E-state index contributed by atoms with van der Waals surface area (Å²) in [5, 5.41) is 2.89. The molecule has 0 radical (unpaired) electrons. The van der Waals surface area contributed by atoms with E-state index >= 15 is 0 Å². The fourth-order valence-electron chi connectivity index (χ4n) is 4.51. The molecule has 0 aliphatic heterocycles. The summed E-state index contributed by atoms with van der Waals surface area (Å²) in [5.74, 6) is -0.405. The van der Waals surface area contributed by atoms with E-state index < -0.39 is 16.1 Å². The van der Waals surface area contributed by atoms with Crippen molar-refractivity contribution >= 4 is 27.5 Å². The molecule has 3 aromatic rings. The van der Waals surface area contributed by atoms with Crippen molar-refractivity contribution in [2.45, 2.75) is 52.6 Å². The summed E-state index contributed by atoms with van der Waals surface area (Å²) in [7, 11) is -3.55. The van der Waals surface area contributed by atoms with E-state index in [0.29, 0.717) is 25.1 Å². The molecule has 1 atom stereocenters. The minimum Gasteiger partial charge on any atom is -0.355 e. The quantitative estimate of drug-likeness (QED) is 0.337. The molecule has 0 saturated carbocycles. The Morgan fingerprint density at radius 3 is 2.05 bits per heavy atom. The van der Waals surface area contributed by atoms with E-state index in [1.54, 1.807) is 11.0 Å². The molecule has 3 rings (SSSR count). The third-order valence-corrected chi connectivity index (χ3v) is 7.94. The van der Waals surface area contributed by atoms with E-state index in [4.69, 9.17) is 0 Å². The average molecular weight is 550 g/mol. The lowest BCUT2D eigenvalue weighted by atomic mass is 10.0. The SMILES string of the molecule is CCNC(=O)[C@H](Cc1ccccc1)N(Cc1ccccc1)C(=O)CCCN(c1ccc(C)c(C)c1)S(C)(=O)=O. The van der Waals surface area contributed by atoms with Crippen molar-refractivity contribution in [3.05, 3.63) is 101 Å². The highest BCUT2D eigenvalue weighted by atomic mass is 32.2. The Morgan fingerprint density at radius 1 is 0.872 bits per heavy atom. The van der Waals surface area contributed by atoms with Crippen LogP contribution in [0.1, 0.15) is 42.0 Å². The van der Waals surface area contributed by atoms with Gasteiger partial charge in [-0.1, -0.05) is 66.7 Å². The Morgan fingerprint density at radius 2 is 1.49 bits per heavy atom.